The molecule has 0 bridgehead atoms. The Kier molecular flexibility index (Phi) is 6.54. The fourth-order valence-corrected chi connectivity index (χ4v) is 3.92. The number of hydrogen-bond acceptors (Lipinski definition) is 4. The molecule has 0 spiro atoms. The lowest BCUT2D eigenvalue weighted by atomic mass is 10.1. The molecule has 6 nitrogen and oxygen atoms in total. The minimum Gasteiger partial charge on any atom is -0.493 e. The van der Waals surface area contributed by atoms with Gasteiger partial charge in [0.1, 0.15) is 0 Å². The maximum Gasteiger partial charge on any atom is 0.251 e. The first-order valence-electron chi connectivity index (χ1n) is 11.1. The number of nitrogens with one attached hydrogen (secondary N) is 2. The Balaban J connectivity index is 1.40. The van der Waals surface area contributed by atoms with E-state index in [0.29, 0.717) is 16.9 Å². The summed E-state index contributed by atoms with van der Waals surface area (Å²) in [6.45, 7) is 6.00. The monoisotopic (exact) mass is 440 g/mol. The van der Waals surface area contributed by atoms with Crippen LogP contribution in [0, 0.1) is 13.8 Å². The molecule has 0 aliphatic rings. The highest BCUT2D eigenvalue weighted by Crippen LogP contribution is 2.38. The van der Waals surface area contributed by atoms with E-state index in [9.17, 15) is 9.90 Å². The highest BCUT2D eigenvalue weighted by Gasteiger charge is 2.13. The lowest BCUT2D eigenvalue weighted by Gasteiger charge is -2.14. The molecule has 168 valence electrons. The van der Waals surface area contributed by atoms with E-state index in [1.165, 1.54) is 5.56 Å². The molecule has 0 saturated carbocycles. The Hall–Kier alpha value is -3.93. The lowest BCUT2D eigenvalue weighted by molar-refractivity contribution is 0.0938. The van der Waals surface area contributed by atoms with E-state index in [2.05, 4.69) is 32.7 Å². The molecule has 4 rings (SSSR count). The van der Waals surface area contributed by atoms with Crippen LogP contribution in [0.4, 0.5) is 11.4 Å². The van der Waals surface area contributed by atoms with E-state index in [4.69, 9.17) is 0 Å². The molecule has 1 unspecified atom stereocenters. The number of carbonyl (C=O) groups is 1. The Labute approximate surface area is 193 Å². The van der Waals surface area contributed by atoms with Gasteiger partial charge >= 0.3 is 0 Å². The highest BCUT2D eigenvalue weighted by atomic mass is 16.3. The van der Waals surface area contributed by atoms with Crippen LogP contribution in [0.2, 0.25) is 0 Å². The predicted molar refractivity (Wildman–Crippen MR) is 132 cm³/mol. The van der Waals surface area contributed by atoms with Crippen molar-refractivity contribution in [2.45, 2.75) is 39.7 Å². The van der Waals surface area contributed by atoms with E-state index in [1.807, 2.05) is 51.1 Å². The lowest BCUT2D eigenvalue weighted by Crippen LogP contribution is -2.32. The molecular weight excluding hydrogens is 412 g/mol. The van der Waals surface area contributed by atoms with E-state index in [1.54, 1.807) is 24.3 Å². The van der Waals surface area contributed by atoms with Crippen LogP contribution >= 0.6 is 0 Å². The topological polar surface area (TPSA) is 89.8 Å². The SMILES string of the molecule is Cc1cc(C)c2[nH]c(O)c(N=Nc3ccc(C(=O)NC(C)CCc4ccccc4)cc3)c2c1. The zero-order valence-corrected chi connectivity index (χ0v) is 19.1. The summed E-state index contributed by atoms with van der Waals surface area (Å²) in [5.74, 6) is -0.123. The summed E-state index contributed by atoms with van der Waals surface area (Å²) in [7, 11) is 0. The number of fused-ring (bicyclic) bond motifs is 1. The summed E-state index contributed by atoms with van der Waals surface area (Å²) in [6.07, 6.45) is 1.79. The summed E-state index contributed by atoms with van der Waals surface area (Å²) in [6, 6.07) is 21.3. The largest absolute Gasteiger partial charge is 0.493 e. The third kappa shape index (κ3) is 5.29. The van der Waals surface area contributed by atoms with Crippen LogP contribution in [0.1, 0.15) is 40.4 Å². The smallest absolute Gasteiger partial charge is 0.251 e. The molecule has 4 aromatic rings. The molecule has 3 aromatic carbocycles. The van der Waals surface area contributed by atoms with Crippen LogP contribution in [0.15, 0.2) is 77.0 Å². The number of azo groups is 1. The number of H-pyrrole nitrogens is 1. The van der Waals surface area contributed by atoms with Crippen LogP contribution in [0.25, 0.3) is 10.9 Å². The third-order valence-electron chi connectivity index (χ3n) is 5.68. The number of aromatic amines is 1. The first-order valence-corrected chi connectivity index (χ1v) is 11.1. The number of aryl methyl sites for hydroxylation is 3. The van der Waals surface area contributed by atoms with Crippen molar-refractivity contribution in [2.75, 3.05) is 0 Å². The Morgan fingerprint density at radius 3 is 2.48 bits per heavy atom. The van der Waals surface area contributed by atoms with Crippen molar-refractivity contribution in [1.29, 1.82) is 0 Å². The van der Waals surface area contributed by atoms with Crippen molar-refractivity contribution in [2.24, 2.45) is 10.2 Å². The van der Waals surface area contributed by atoms with Crippen LogP contribution < -0.4 is 5.32 Å². The fourth-order valence-electron chi connectivity index (χ4n) is 3.92. The highest BCUT2D eigenvalue weighted by molar-refractivity contribution is 5.96. The zero-order chi connectivity index (χ0) is 23.4. The van der Waals surface area contributed by atoms with Gasteiger partial charge in [-0.2, -0.15) is 5.11 Å². The maximum absolute atomic E-state index is 12.6. The molecule has 0 saturated heterocycles. The second-order valence-corrected chi connectivity index (χ2v) is 8.47. The van der Waals surface area contributed by atoms with Crippen molar-refractivity contribution in [1.82, 2.24) is 10.3 Å². The average molecular weight is 441 g/mol. The van der Waals surface area contributed by atoms with E-state index in [0.717, 1.165) is 34.9 Å². The van der Waals surface area contributed by atoms with Gasteiger partial charge in [0.05, 0.1) is 11.2 Å². The van der Waals surface area contributed by atoms with Gasteiger partial charge < -0.3 is 15.4 Å². The third-order valence-corrected chi connectivity index (χ3v) is 5.68. The van der Waals surface area contributed by atoms with Gasteiger partial charge in [-0.15, -0.1) is 5.11 Å². The number of benzene rings is 3. The molecule has 0 aliphatic carbocycles. The van der Waals surface area contributed by atoms with Gasteiger partial charge in [0, 0.05) is 17.0 Å². The van der Waals surface area contributed by atoms with Gasteiger partial charge in [-0.05, 0) is 75.1 Å². The van der Waals surface area contributed by atoms with Crippen LogP contribution in [-0.4, -0.2) is 22.0 Å². The van der Waals surface area contributed by atoms with Crippen molar-refractivity contribution in [3.8, 4) is 5.88 Å². The van der Waals surface area contributed by atoms with Gasteiger partial charge in [0.2, 0.25) is 5.88 Å². The second-order valence-electron chi connectivity index (χ2n) is 8.47. The number of hydrogen-bond donors (Lipinski definition) is 3. The number of amides is 1. The fraction of sp³-hybridized carbons (Fsp3) is 0.222. The summed E-state index contributed by atoms with van der Waals surface area (Å²) in [4.78, 5) is 15.5. The Bertz CT molecular complexity index is 1290. The summed E-state index contributed by atoms with van der Waals surface area (Å²) in [5.41, 5.74) is 5.81. The van der Waals surface area contributed by atoms with Crippen molar-refractivity contribution in [3.05, 3.63) is 89.0 Å². The standard InChI is InChI=1S/C27H28N4O2/c1-17-15-18(2)24-23(16-17)25(27(33)29-24)31-30-22-13-11-21(12-14-22)26(32)28-19(3)9-10-20-7-5-4-6-8-20/h4-8,11-16,19,29,33H,9-10H2,1-3H3,(H,28,32). The summed E-state index contributed by atoms with van der Waals surface area (Å²) < 4.78 is 0. The number of nitrogens with zero attached hydrogens (tertiary/aromatic N) is 2. The van der Waals surface area contributed by atoms with Gasteiger partial charge in [-0.1, -0.05) is 42.0 Å². The number of carbonyl (C=O) groups excluding carboxylic acids is 1. The molecule has 6 heteroatoms. The minimum atomic E-state index is -0.112. The quantitative estimate of drug-likeness (QED) is 0.281. The van der Waals surface area contributed by atoms with Crippen LogP contribution in [-0.2, 0) is 6.42 Å². The van der Waals surface area contributed by atoms with E-state index in [-0.39, 0.29) is 17.8 Å². The van der Waals surface area contributed by atoms with E-state index >= 15 is 0 Å². The molecule has 3 N–H and O–H groups in total. The normalized spacial score (nSPS) is 12.3. The van der Waals surface area contributed by atoms with Crippen molar-refractivity contribution in [3.63, 3.8) is 0 Å². The summed E-state index contributed by atoms with van der Waals surface area (Å²) >= 11 is 0. The first-order chi connectivity index (χ1) is 15.9. The van der Waals surface area contributed by atoms with Crippen molar-refractivity contribution < 1.29 is 9.90 Å². The van der Waals surface area contributed by atoms with Crippen molar-refractivity contribution >= 4 is 28.2 Å². The minimum absolute atomic E-state index is 0.0112. The average Bonchev–Trinajstić information content (AvgIpc) is 3.12. The zero-order valence-electron chi connectivity index (χ0n) is 19.1. The Morgan fingerprint density at radius 1 is 1.03 bits per heavy atom. The molecule has 33 heavy (non-hydrogen) atoms. The molecule has 0 aliphatic heterocycles. The molecule has 1 heterocycles. The van der Waals surface area contributed by atoms with Crippen LogP contribution in [0.5, 0.6) is 5.88 Å². The number of aromatic nitrogens is 1. The molecule has 0 fully saturated rings. The molecule has 1 aromatic heterocycles. The Morgan fingerprint density at radius 2 is 1.76 bits per heavy atom. The maximum atomic E-state index is 12.6. The van der Waals surface area contributed by atoms with Gasteiger partial charge in [-0.25, -0.2) is 0 Å². The molecular formula is C27H28N4O2. The first kappa shape index (κ1) is 22.3. The van der Waals surface area contributed by atoms with Gasteiger partial charge in [0.25, 0.3) is 5.91 Å². The summed E-state index contributed by atoms with van der Waals surface area (Å²) in [5, 5.41) is 22.7. The van der Waals surface area contributed by atoms with Crippen LogP contribution in [0.3, 0.4) is 0 Å². The molecule has 1 atom stereocenters. The van der Waals surface area contributed by atoms with Gasteiger partial charge in [0.15, 0.2) is 5.69 Å². The number of rotatable bonds is 7. The second kappa shape index (κ2) is 9.69. The molecule has 1 amide bonds. The molecule has 0 radical (unpaired) electrons. The predicted octanol–water partition coefficient (Wildman–Crippen LogP) is 6.66. The van der Waals surface area contributed by atoms with Gasteiger partial charge in [-0.3, -0.25) is 4.79 Å². The number of aromatic hydroxyl groups is 1. The van der Waals surface area contributed by atoms with E-state index < -0.39 is 0 Å².